The van der Waals surface area contributed by atoms with Crippen LogP contribution >= 0.6 is 11.3 Å². The minimum Gasteiger partial charge on any atom is -0.497 e. The van der Waals surface area contributed by atoms with E-state index in [4.69, 9.17) is 10.5 Å². The molecule has 2 aromatic carbocycles. The number of thiazole rings is 1. The maximum Gasteiger partial charge on any atom is 0.270 e. The van der Waals surface area contributed by atoms with Crippen molar-refractivity contribution in [3.63, 3.8) is 0 Å². The smallest absolute Gasteiger partial charge is 0.270 e. The van der Waals surface area contributed by atoms with Gasteiger partial charge in [-0.05, 0) is 36.4 Å². The normalized spacial score (nSPS) is 12.0. The summed E-state index contributed by atoms with van der Waals surface area (Å²) in [5.74, 6) is -0.766. The Morgan fingerprint density at radius 3 is 2.26 bits per heavy atom. The Bertz CT molecular complexity index is 1290. The molecule has 1 heterocycles. The lowest BCUT2D eigenvalue weighted by atomic mass is 10.2. The van der Waals surface area contributed by atoms with Gasteiger partial charge >= 0.3 is 0 Å². The lowest BCUT2D eigenvalue weighted by Gasteiger charge is -2.19. The zero-order valence-corrected chi connectivity index (χ0v) is 20.1. The van der Waals surface area contributed by atoms with Gasteiger partial charge in [-0.3, -0.25) is 9.59 Å². The molecule has 13 heteroatoms. The number of aliphatic hydroxyl groups is 1. The summed E-state index contributed by atoms with van der Waals surface area (Å²) in [6.07, 6.45) is -0.351. The Morgan fingerprint density at radius 1 is 1.15 bits per heavy atom. The van der Waals surface area contributed by atoms with Crippen LogP contribution in [0.15, 0.2) is 48.5 Å². The highest BCUT2D eigenvalue weighted by Crippen LogP contribution is 2.33. The number of nitrogens with two attached hydrogens (primary N) is 1. The van der Waals surface area contributed by atoms with E-state index in [1.165, 1.54) is 24.3 Å². The molecule has 5 N–H and O–H groups in total. The first-order chi connectivity index (χ1) is 16.0. The number of amides is 2. The van der Waals surface area contributed by atoms with E-state index >= 15 is 0 Å². The van der Waals surface area contributed by atoms with Gasteiger partial charge in [-0.25, -0.2) is 17.7 Å². The Morgan fingerprint density at radius 2 is 1.76 bits per heavy atom. The second kappa shape index (κ2) is 10.1. The van der Waals surface area contributed by atoms with Crippen molar-refractivity contribution in [1.29, 1.82) is 0 Å². The number of aromatic nitrogens is 1. The van der Waals surface area contributed by atoms with Crippen molar-refractivity contribution >= 4 is 54.7 Å². The van der Waals surface area contributed by atoms with Crippen LogP contribution in [0.2, 0.25) is 0 Å². The lowest BCUT2D eigenvalue weighted by Crippen LogP contribution is -2.34. The van der Waals surface area contributed by atoms with Crippen LogP contribution < -0.4 is 25.4 Å². The number of nitrogens with one attached hydrogen (secondary N) is 2. The van der Waals surface area contributed by atoms with E-state index in [-0.39, 0.29) is 16.4 Å². The summed E-state index contributed by atoms with van der Waals surface area (Å²) < 4.78 is 29.5. The summed E-state index contributed by atoms with van der Waals surface area (Å²) in [4.78, 5) is 27.8. The number of ether oxygens (including phenoxy) is 1. The molecule has 0 aliphatic heterocycles. The number of hydrogen-bond donors (Lipinski definition) is 4. The number of rotatable bonds is 9. The number of hydrogen-bond acceptors (Lipinski definition) is 10. The predicted molar refractivity (Wildman–Crippen MR) is 130 cm³/mol. The highest BCUT2D eigenvalue weighted by Gasteiger charge is 2.23. The van der Waals surface area contributed by atoms with E-state index in [0.29, 0.717) is 26.4 Å². The van der Waals surface area contributed by atoms with Crippen LogP contribution in [0.1, 0.15) is 29.2 Å². The third-order valence-corrected chi connectivity index (χ3v) is 6.56. The van der Waals surface area contributed by atoms with Crippen LogP contribution in [0, 0.1) is 0 Å². The molecule has 1 unspecified atom stereocenters. The van der Waals surface area contributed by atoms with Crippen LogP contribution in [0.4, 0.5) is 21.5 Å². The second-order valence-corrected chi connectivity index (χ2v) is 9.93. The van der Waals surface area contributed by atoms with Crippen molar-refractivity contribution in [2.24, 2.45) is 5.73 Å². The van der Waals surface area contributed by atoms with Crippen LogP contribution in [0.5, 0.6) is 5.75 Å². The monoisotopic (exact) mass is 505 g/mol. The van der Waals surface area contributed by atoms with Gasteiger partial charge in [0.15, 0.2) is 17.1 Å². The molecular weight excluding hydrogens is 482 g/mol. The van der Waals surface area contributed by atoms with Gasteiger partial charge in [-0.1, -0.05) is 23.5 Å². The van der Waals surface area contributed by atoms with Gasteiger partial charge in [0.25, 0.3) is 5.91 Å². The first-order valence-electron chi connectivity index (χ1n) is 9.76. The van der Waals surface area contributed by atoms with E-state index in [1.807, 2.05) is 0 Å². The van der Waals surface area contributed by atoms with Crippen molar-refractivity contribution in [1.82, 2.24) is 4.98 Å². The highest BCUT2D eigenvalue weighted by atomic mass is 32.2. The number of carbonyl (C=O) groups excluding carboxylic acids is 2. The maximum atomic E-state index is 11.9. The van der Waals surface area contributed by atoms with Crippen LogP contribution in [-0.4, -0.2) is 43.7 Å². The van der Waals surface area contributed by atoms with Gasteiger partial charge in [-0.15, -0.1) is 0 Å². The molecule has 0 aliphatic carbocycles. The first-order valence-corrected chi connectivity index (χ1v) is 12.4. The molecule has 0 saturated heterocycles. The standard InChI is InChI=1S/C21H23N5O6S2/c1-12(27)26(34(3,30)31)15-8-4-13(5-9-15)19(29)25-20-17(18(22)28)24-21(33-20)23-14-6-10-16(32-2)11-7-14/h4-11,19,25,29H,1-3H3,(H2,22,28)(H,23,24). The van der Waals surface area contributed by atoms with E-state index in [0.717, 1.165) is 24.5 Å². The largest absolute Gasteiger partial charge is 0.497 e. The maximum absolute atomic E-state index is 11.9. The summed E-state index contributed by atoms with van der Waals surface area (Å²) >= 11 is 1.07. The Hall–Kier alpha value is -3.68. The molecular formula is C21H23N5O6S2. The third kappa shape index (κ3) is 5.81. The zero-order chi connectivity index (χ0) is 25.0. The number of nitrogens with zero attached hydrogens (tertiary/aromatic N) is 2. The van der Waals surface area contributed by atoms with Crippen molar-refractivity contribution in [2.75, 3.05) is 28.3 Å². The van der Waals surface area contributed by atoms with Crippen molar-refractivity contribution in [2.45, 2.75) is 13.2 Å². The summed E-state index contributed by atoms with van der Waals surface area (Å²) in [5.41, 5.74) is 6.57. The molecule has 0 fully saturated rings. The molecule has 1 aromatic heterocycles. The zero-order valence-electron chi connectivity index (χ0n) is 18.5. The Kier molecular flexibility index (Phi) is 7.39. The fourth-order valence-corrected chi connectivity index (χ4v) is 4.93. The number of benzene rings is 2. The van der Waals surface area contributed by atoms with Gasteiger partial charge < -0.3 is 26.2 Å². The number of sulfonamides is 1. The second-order valence-electron chi connectivity index (χ2n) is 7.10. The number of anilines is 4. The SMILES string of the molecule is COc1ccc(Nc2nc(C(N)=O)c(NC(O)c3ccc(N(C(C)=O)S(C)(=O)=O)cc3)s2)cc1. The minimum atomic E-state index is -3.81. The first kappa shape index (κ1) is 25.0. The molecule has 0 aliphatic rings. The minimum absolute atomic E-state index is 0.0588. The molecule has 34 heavy (non-hydrogen) atoms. The summed E-state index contributed by atoms with van der Waals surface area (Å²) in [6.45, 7) is 1.14. The number of methoxy groups -OCH3 is 1. The third-order valence-electron chi connectivity index (χ3n) is 4.53. The molecule has 0 radical (unpaired) electrons. The van der Waals surface area contributed by atoms with Crippen molar-refractivity contribution < 1.29 is 27.9 Å². The van der Waals surface area contributed by atoms with Gasteiger partial charge in [0, 0.05) is 18.2 Å². The summed E-state index contributed by atoms with van der Waals surface area (Å²) in [5, 5.41) is 17.1. The van der Waals surface area contributed by atoms with Crippen molar-refractivity contribution in [3.05, 3.63) is 59.8 Å². The molecule has 180 valence electrons. The number of carbonyl (C=O) groups is 2. The number of aliphatic hydroxyl groups excluding tert-OH is 1. The Balaban J connectivity index is 1.80. The molecule has 11 nitrogen and oxygen atoms in total. The molecule has 3 rings (SSSR count). The van der Waals surface area contributed by atoms with Gasteiger partial charge in [0.1, 0.15) is 10.8 Å². The fourth-order valence-electron chi connectivity index (χ4n) is 3.04. The van der Waals surface area contributed by atoms with E-state index < -0.39 is 28.1 Å². The predicted octanol–water partition coefficient (Wildman–Crippen LogP) is 2.41. The van der Waals surface area contributed by atoms with Crippen LogP contribution in [0.25, 0.3) is 0 Å². The van der Waals surface area contributed by atoms with Crippen LogP contribution in [0.3, 0.4) is 0 Å². The molecule has 2 amide bonds. The average molecular weight is 506 g/mol. The topological polar surface area (TPSA) is 164 Å². The van der Waals surface area contributed by atoms with Gasteiger partial charge in [0.05, 0.1) is 19.1 Å². The van der Waals surface area contributed by atoms with E-state index in [2.05, 4.69) is 15.6 Å². The summed E-state index contributed by atoms with van der Waals surface area (Å²) in [6, 6.07) is 12.7. The molecule has 0 saturated carbocycles. The fraction of sp³-hybridized carbons (Fsp3) is 0.190. The molecule has 3 aromatic rings. The lowest BCUT2D eigenvalue weighted by molar-refractivity contribution is -0.115. The highest BCUT2D eigenvalue weighted by molar-refractivity contribution is 7.92. The quantitative estimate of drug-likeness (QED) is 0.320. The van der Waals surface area contributed by atoms with Crippen molar-refractivity contribution in [3.8, 4) is 5.75 Å². The number of primary amides is 1. The Labute approximate surface area is 200 Å². The summed E-state index contributed by atoms with van der Waals surface area (Å²) in [7, 11) is -2.25. The van der Waals surface area contributed by atoms with Crippen LogP contribution in [-0.2, 0) is 14.8 Å². The average Bonchev–Trinajstić information content (AvgIpc) is 3.16. The van der Waals surface area contributed by atoms with Gasteiger partial charge in [0.2, 0.25) is 15.9 Å². The van der Waals surface area contributed by atoms with Gasteiger partial charge in [-0.2, -0.15) is 0 Å². The molecule has 1 atom stereocenters. The van der Waals surface area contributed by atoms with E-state index in [9.17, 15) is 23.1 Å². The molecule has 0 bridgehead atoms. The molecule has 0 spiro atoms. The van der Waals surface area contributed by atoms with E-state index in [1.54, 1.807) is 31.4 Å².